The molecule has 0 spiro atoms. The number of alkyl halides is 1. The Bertz CT molecular complexity index is 1380. The van der Waals surface area contributed by atoms with Crippen LogP contribution in [0, 0.1) is 25.2 Å². The lowest BCUT2D eigenvalue weighted by Gasteiger charge is -2.35. The first kappa shape index (κ1) is 23.6. The molecule has 1 aliphatic heterocycles. The van der Waals surface area contributed by atoms with Gasteiger partial charge in [-0.3, -0.25) is 14.8 Å². The molecule has 0 radical (unpaired) electrons. The van der Waals surface area contributed by atoms with Gasteiger partial charge in [0.25, 0.3) is 0 Å². The molecule has 3 heterocycles. The Hall–Kier alpha value is -3.60. The van der Waals surface area contributed by atoms with E-state index in [1.165, 1.54) is 6.92 Å². The molecule has 0 bridgehead atoms. The number of carbonyl (C=O) groups excluding carboxylic acids is 1. The molecule has 1 fully saturated rings. The molecule has 34 heavy (non-hydrogen) atoms. The van der Waals surface area contributed by atoms with Crippen molar-refractivity contribution in [3.8, 4) is 6.07 Å². The van der Waals surface area contributed by atoms with Gasteiger partial charge in [-0.15, -0.1) is 0 Å². The number of likely N-dealkylation sites (tertiary alicyclic amines) is 1. The van der Waals surface area contributed by atoms with Crippen LogP contribution in [0.3, 0.4) is 0 Å². The van der Waals surface area contributed by atoms with Gasteiger partial charge < -0.3 is 9.47 Å². The van der Waals surface area contributed by atoms with Crippen LogP contribution < -0.4 is 5.49 Å². The fourth-order valence-electron chi connectivity index (χ4n) is 4.61. The van der Waals surface area contributed by atoms with Crippen molar-refractivity contribution in [2.75, 3.05) is 13.1 Å². The van der Waals surface area contributed by atoms with Gasteiger partial charge in [-0.05, 0) is 44.0 Å². The predicted octanol–water partition coefficient (Wildman–Crippen LogP) is 3.93. The van der Waals surface area contributed by atoms with E-state index in [4.69, 9.17) is 9.98 Å². The highest BCUT2D eigenvalue weighted by molar-refractivity contribution is 5.78. The van der Waals surface area contributed by atoms with E-state index >= 15 is 4.39 Å². The quantitative estimate of drug-likeness (QED) is 0.593. The molecular weight excluding hydrogens is 431 g/mol. The number of fused-ring (bicyclic) bond motifs is 1. The Labute approximate surface area is 198 Å². The summed E-state index contributed by atoms with van der Waals surface area (Å²) in [4.78, 5) is 27.4. The molecule has 0 aliphatic carbocycles. The standard InChI is InChI=1S/C26H29FN6O/c1-16-20(14-28)7-6-8-21(16)17(2)30-25-22-13-24(29-15-23(22)32(5)18(3)31-25)26(27)9-11-33(12-10-26)19(4)34/h6-8,13,15,17H,9-12H2,1-5H3/t17-/m1/s1. The normalized spacial score (nSPS) is 17.0. The summed E-state index contributed by atoms with van der Waals surface area (Å²) < 4.78 is 17.9. The largest absolute Gasteiger partial charge is 0.343 e. The molecule has 1 aromatic carbocycles. The molecule has 8 heteroatoms. The molecule has 7 nitrogen and oxygen atoms in total. The molecule has 176 valence electrons. The first-order chi connectivity index (χ1) is 16.1. The number of nitrogens with zero attached hydrogens (tertiary/aromatic N) is 6. The van der Waals surface area contributed by atoms with Crippen molar-refractivity contribution in [2.24, 2.45) is 12.0 Å². The van der Waals surface area contributed by atoms with Crippen LogP contribution in [-0.2, 0) is 17.5 Å². The minimum atomic E-state index is -1.61. The lowest BCUT2D eigenvalue weighted by molar-refractivity contribution is -0.131. The number of hydrogen-bond donors (Lipinski definition) is 0. The van der Waals surface area contributed by atoms with Gasteiger partial charge in [-0.1, -0.05) is 12.1 Å². The summed E-state index contributed by atoms with van der Waals surface area (Å²) in [6, 6.07) is 9.36. The summed E-state index contributed by atoms with van der Waals surface area (Å²) >= 11 is 0. The number of nitriles is 1. The van der Waals surface area contributed by atoms with Gasteiger partial charge in [0.15, 0.2) is 11.2 Å². The summed E-state index contributed by atoms with van der Waals surface area (Å²) in [5.41, 5.74) is 2.54. The maximum Gasteiger partial charge on any atom is 0.219 e. The highest BCUT2D eigenvalue weighted by Gasteiger charge is 2.38. The van der Waals surface area contributed by atoms with Crippen molar-refractivity contribution in [3.63, 3.8) is 0 Å². The second-order valence-corrected chi connectivity index (χ2v) is 9.04. The number of amides is 1. The molecule has 1 amide bonds. The molecule has 2 aromatic heterocycles. The van der Waals surface area contributed by atoms with Gasteiger partial charge in [0.1, 0.15) is 5.82 Å². The molecule has 0 saturated carbocycles. The topological polar surface area (TPSA) is 87.2 Å². The lowest BCUT2D eigenvalue weighted by atomic mass is 9.89. The predicted molar refractivity (Wildman–Crippen MR) is 127 cm³/mol. The number of rotatable bonds is 3. The number of halogens is 1. The molecule has 1 aliphatic rings. The minimum Gasteiger partial charge on any atom is -0.343 e. The Morgan fingerprint density at radius 3 is 2.65 bits per heavy atom. The van der Waals surface area contributed by atoms with Crippen molar-refractivity contribution in [1.29, 1.82) is 5.26 Å². The van der Waals surface area contributed by atoms with Crippen LogP contribution in [0.4, 0.5) is 4.39 Å². The van der Waals surface area contributed by atoms with Gasteiger partial charge in [-0.25, -0.2) is 9.37 Å². The average molecular weight is 461 g/mol. The fourth-order valence-corrected chi connectivity index (χ4v) is 4.61. The number of piperidine rings is 1. The van der Waals surface area contributed by atoms with Crippen LogP contribution in [-0.4, -0.2) is 38.4 Å². The van der Waals surface area contributed by atoms with Gasteiger partial charge in [-0.2, -0.15) is 5.26 Å². The van der Waals surface area contributed by atoms with Crippen LogP contribution in [0.25, 0.3) is 10.9 Å². The molecular formula is C26H29FN6O. The summed E-state index contributed by atoms with van der Waals surface area (Å²) in [6.45, 7) is 8.03. The van der Waals surface area contributed by atoms with E-state index in [1.54, 1.807) is 23.2 Å². The van der Waals surface area contributed by atoms with Gasteiger partial charge in [0.05, 0.1) is 35.1 Å². The van der Waals surface area contributed by atoms with Crippen LogP contribution in [0.5, 0.6) is 0 Å². The van der Waals surface area contributed by atoms with Gasteiger partial charge >= 0.3 is 0 Å². The average Bonchev–Trinajstić information content (AvgIpc) is 2.82. The minimum absolute atomic E-state index is 0.0361. The number of hydrogen-bond acceptors (Lipinski definition) is 5. The first-order valence-corrected chi connectivity index (χ1v) is 11.5. The van der Waals surface area contributed by atoms with Gasteiger partial charge in [0.2, 0.25) is 5.91 Å². The van der Waals surface area contributed by atoms with Crippen LogP contribution in [0.1, 0.15) is 60.9 Å². The Morgan fingerprint density at radius 2 is 2.00 bits per heavy atom. The zero-order valence-corrected chi connectivity index (χ0v) is 20.3. The van der Waals surface area contributed by atoms with Crippen molar-refractivity contribution < 1.29 is 9.18 Å². The molecule has 0 unspecified atom stereocenters. The maximum absolute atomic E-state index is 16.0. The number of aromatic nitrogens is 3. The monoisotopic (exact) mass is 460 g/mol. The highest BCUT2D eigenvalue weighted by Crippen LogP contribution is 2.36. The van der Waals surface area contributed by atoms with E-state index < -0.39 is 5.67 Å². The van der Waals surface area contributed by atoms with E-state index in [2.05, 4.69) is 11.1 Å². The Balaban J connectivity index is 1.82. The number of aryl methyl sites for hydroxylation is 2. The Morgan fingerprint density at radius 1 is 1.29 bits per heavy atom. The van der Waals surface area contributed by atoms with Crippen molar-refractivity contribution in [1.82, 2.24) is 19.4 Å². The van der Waals surface area contributed by atoms with E-state index in [-0.39, 0.29) is 24.8 Å². The zero-order valence-electron chi connectivity index (χ0n) is 20.3. The molecule has 0 N–H and O–H groups in total. The van der Waals surface area contributed by atoms with Gasteiger partial charge in [0, 0.05) is 45.3 Å². The summed E-state index contributed by atoms with van der Waals surface area (Å²) in [5.74, 6) is 0.728. The highest BCUT2D eigenvalue weighted by atomic mass is 19.1. The summed E-state index contributed by atoms with van der Waals surface area (Å²) in [6.07, 6.45) is 2.10. The van der Waals surface area contributed by atoms with Crippen LogP contribution in [0.15, 0.2) is 35.5 Å². The van der Waals surface area contributed by atoms with E-state index in [1.807, 2.05) is 44.5 Å². The first-order valence-electron chi connectivity index (χ1n) is 11.5. The van der Waals surface area contributed by atoms with Crippen LogP contribution in [0.2, 0.25) is 0 Å². The second kappa shape index (κ2) is 8.98. The third-order valence-corrected chi connectivity index (χ3v) is 6.96. The Kier molecular flexibility index (Phi) is 6.22. The fraction of sp³-hybridized carbons (Fsp3) is 0.423. The maximum atomic E-state index is 16.0. The van der Waals surface area contributed by atoms with E-state index in [0.717, 1.165) is 27.9 Å². The zero-order chi connectivity index (χ0) is 24.6. The molecule has 3 aromatic rings. The third-order valence-electron chi connectivity index (χ3n) is 6.96. The van der Waals surface area contributed by atoms with Crippen LogP contribution >= 0.6 is 0 Å². The number of pyridine rings is 1. The molecule has 1 saturated heterocycles. The molecule has 1 atom stereocenters. The SMILES string of the molecule is CC(=O)N1CCC(F)(c2cc3c(=N[C@H](C)c4cccc(C#N)c4C)nc(C)n(C)c3cn2)CC1. The summed E-state index contributed by atoms with van der Waals surface area (Å²) in [5, 5.41) is 10.1. The van der Waals surface area contributed by atoms with Crippen molar-refractivity contribution in [3.05, 3.63) is 64.2 Å². The van der Waals surface area contributed by atoms with E-state index in [9.17, 15) is 10.1 Å². The second-order valence-electron chi connectivity index (χ2n) is 9.04. The van der Waals surface area contributed by atoms with Crippen molar-refractivity contribution >= 4 is 16.8 Å². The number of carbonyl (C=O) groups is 1. The third kappa shape index (κ3) is 4.18. The lowest BCUT2D eigenvalue weighted by Crippen LogP contribution is -2.42. The smallest absolute Gasteiger partial charge is 0.219 e. The van der Waals surface area contributed by atoms with Crippen molar-refractivity contribution in [2.45, 2.75) is 52.2 Å². The van der Waals surface area contributed by atoms with E-state index in [0.29, 0.717) is 29.8 Å². The summed E-state index contributed by atoms with van der Waals surface area (Å²) in [7, 11) is 1.90. The molecule has 4 rings (SSSR count). The number of benzene rings is 1.